The molecule has 0 aliphatic carbocycles. The van der Waals surface area contributed by atoms with E-state index in [0.29, 0.717) is 13.0 Å². The Balaban J connectivity index is 3.50. The van der Waals surface area contributed by atoms with E-state index in [4.69, 9.17) is 9.47 Å². The van der Waals surface area contributed by atoms with Crippen molar-refractivity contribution < 1.29 is 19.4 Å². The van der Waals surface area contributed by atoms with Gasteiger partial charge in [-0.15, -0.1) is 0 Å². The number of carbonyl (C=O) groups is 1. The van der Waals surface area contributed by atoms with E-state index in [0.717, 1.165) is 44.9 Å². The minimum atomic E-state index is -0.544. The molecule has 45 heavy (non-hydrogen) atoms. The predicted molar refractivity (Wildman–Crippen MR) is 196 cm³/mol. The summed E-state index contributed by atoms with van der Waals surface area (Å²) in [6, 6.07) is 0. The van der Waals surface area contributed by atoms with Gasteiger partial charge >= 0.3 is 5.97 Å². The van der Waals surface area contributed by atoms with Crippen molar-refractivity contribution in [2.24, 2.45) is 0 Å². The lowest BCUT2D eigenvalue weighted by atomic mass is 10.1. The van der Waals surface area contributed by atoms with Gasteiger partial charge in [0.15, 0.2) is 0 Å². The highest BCUT2D eigenvalue weighted by Gasteiger charge is 2.13. The first-order chi connectivity index (χ1) is 22.2. The summed E-state index contributed by atoms with van der Waals surface area (Å²) in [6.45, 7) is 5.28. The number of carbonyl (C=O) groups excluding carboxylic acids is 1. The number of hydrogen-bond acceptors (Lipinski definition) is 4. The molecule has 1 atom stereocenters. The molecule has 262 valence electrons. The molecule has 0 heterocycles. The molecule has 0 aromatic heterocycles. The van der Waals surface area contributed by atoms with E-state index in [2.05, 4.69) is 62.5 Å². The number of hydrogen-bond donors (Lipinski definition) is 1. The second kappa shape index (κ2) is 38.5. The van der Waals surface area contributed by atoms with Crippen LogP contribution in [0.3, 0.4) is 0 Å². The van der Waals surface area contributed by atoms with Crippen molar-refractivity contribution in [3.8, 4) is 0 Å². The molecule has 4 heteroatoms. The number of rotatable bonds is 35. The number of aliphatic hydroxyl groups excluding tert-OH is 1. The Hall–Kier alpha value is -1.65. The molecule has 0 aliphatic heterocycles. The van der Waals surface area contributed by atoms with Crippen LogP contribution in [0.4, 0.5) is 0 Å². The smallest absolute Gasteiger partial charge is 0.306 e. The van der Waals surface area contributed by atoms with Gasteiger partial charge in [-0.3, -0.25) is 4.79 Å². The number of unbranched alkanes of at least 4 members (excludes halogenated alkanes) is 19. The largest absolute Gasteiger partial charge is 0.457 e. The maximum Gasteiger partial charge on any atom is 0.306 e. The topological polar surface area (TPSA) is 55.8 Å². The van der Waals surface area contributed by atoms with Gasteiger partial charge in [-0.1, -0.05) is 146 Å². The van der Waals surface area contributed by atoms with Gasteiger partial charge in [-0.05, 0) is 77.0 Å². The Morgan fingerprint density at radius 2 is 0.933 bits per heavy atom. The van der Waals surface area contributed by atoms with Gasteiger partial charge in [-0.2, -0.15) is 0 Å². The van der Waals surface area contributed by atoms with Crippen molar-refractivity contribution in [3.05, 3.63) is 48.6 Å². The van der Waals surface area contributed by atoms with Crippen LogP contribution >= 0.6 is 0 Å². The monoisotopic (exact) mass is 631 g/mol. The van der Waals surface area contributed by atoms with Gasteiger partial charge in [0.05, 0.1) is 13.2 Å². The highest BCUT2D eigenvalue weighted by atomic mass is 16.6. The van der Waals surface area contributed by atoms with Crippen molar-refractivity contribution in [2.75, 3.05) is 19.8 Å². The van der Waals surface area contributed by atoms with Crippen LogP contribution in [0.25, 0.3) is 0 Å². The minimum Gasteiger partial charge on any atom is -0.457 e. The van der Waals surface area contributed by atoms with Gasteiger partial charge in [0.25, 0.3) is 0 Å². The Morgan fingerprint density at radius 3 is 1.47 bits per heavy atom. The highest BCUT2D eigenvalue weighted by Crippen LogP contribution is 2.12. The first kappa shape index (κ1) is 43.4. The van der Waals surface area contributed by atoms with Gasteiger partial charge in [-0.25, -0.2) is 0 Å². The molecule has 4 nitrogen and oxygen atoms in total. The Kier molecular flexibility index (Phi) is 37.1. The predicted octanol–water partition coefficient (Wildman–Crippen LogP) is 12.3. The molecular formula is C41H74O4. The zero-order valence-corrected chi connectivity index (χ0v) is 29.9. The van der Waals surface area contributed by atoms with Crippen molar-refractivity contribution in [1.82, 2.24) is 0 Å². The van der Waals surface area contributed by atoms with Crippen LogP contribution in [0, 0.1) is 0 Å². The van der Waals surface area contributed by atoms with Gasteiger partial charge in [0.2, 0.25) is 0 Å². The standard InChI is InChI=1S/C41H74O4/c1-3-5-7-9-11-13-15-17-19-20-21-22-23-24-26-28-30-32-34-36-41(43)45-40(38-42)39-44-37-35-33-31-29-27-25-18-16-14-12-10-8-6-4-2/h11,13-14,16-17,19,21-22,40,42H,3-10,12,15,18,20,23-39H2,1-2H3/b13-11-,16-14-,19-17-,22-21-. The van der Waals surface area contributed by atoms with Crippen LogP contribution in [-0.2, 0) is 14.3 Å². The summed E-state index contributed by atoms with van der Waals surface area (Å²) in [7, 11) is 0. The minimum absolute atomic E-state index is 0.180. The van der Waals surface area contributed by atoms with Gasteiger partial charge < -0.3 is 14.6 Å². The lowest BCUT2D eigenvalue weighted by molar-refractivity contribution is -0.154. The zero-order chi connectivity index (χ0) is 32.7. The highest BCUT2D eigenvalue weighted by molar-refractivity contribution is 5.69. The summed E-state index contributed by atoms with van der Waals surface area (Å²) in [5, 5.41) is 9.56. The normalized spacial score (nSPS) is 12.9. The molecule has 0 bridgehead atoms. The van der Waals surface area contributed by atoms with Crippen LogP contribution in [0.5, 0.6) is 0 Å². The molecule has 0 aromatic carbocycles. The van der Waals surface area contributed by atoms with Crippen LogP contribution in [-0.4, -0.2) is 37.0 Å². The van der Waals surface area contributed by atoms with Crippen molar-refractivity contribution in [2.45, 2.75) is 187 Å². The van der Waals surface area contributed by atoms with Crippen LogP contribution in [0.1, 0.15) is 181 Å². The SMILES string of the molecule is CCCCC/C=C\C/C=C\C/C=C\CCCCCCCCC(=O)OC(CO)COCCCCCCCC/C=C\CCCCCC. The molecule has 0 aromatic rings. The quantitative estimate of drug-likeness (QED) is 0.0430. The third-order valence-electron chi connectivity index (χ3n) is 8.13. The van der Waals surface area contributed by atoms with Crippen LogP contribution in [0.2, 0.25) is 0 Å². The van der Waals surface area contributed by atoms with E-state index in [1.807, 2.05) is 0 Å². The van der Waals surface area contributed by atoms with E-state index in [9.17, 15) is 9.90 Å². The van der Waals surface area contributed by atoms with Crippen LogP contribution in [0.15, 0.2) is 48.6 Å². The summed E-state index contributed by atoms with van der Waals surface area (Å²) >= 11 is 0. The van der Waals surface area contributed by atoms with Gasteiger partial charge in [0.1, 0.15) is 6.10 Å². The van der Waals surface area contributed by atoms with Crippen molar-refractivity contribution in [1.29, 1.82) is 0 Å². The fraction of sp³-hybridized carbons (Fsp3) is 0.780. The second-order valence-corrected chi connectivity index (χ2v) is 12.6. The molecule has 0 saturated carbocycles. The molecule has 0 rings (SSSR count). The number of ether oxygens (including phenoxy) is 2. The lowest BCUT2D eigenvalue weighted by Gasteiger charge is -2.15. The van der Waals surface area contributed by atoms with Gasteiger partial charge in [0, 0.05) is 13.0 Å². The maximum atomic E-state index is 12.2. The third kappa shape index (κ3) is 36.7. The van der Waals surface area contributed by atoms with E-state index >= 15 is 0 Å². The number of aliphatic hydroxyl groups is 1. The molecule has 0 radical (unpaired) electrons. The molecular weight excluding hydrogens is 556 g/mol. The van der Waals surface area contributed by atoms with E-state index in [1.54, 1.807) is 0 Å². The average molecular weight is 631 g/mol. The number of esters is 1. The summed E-state index contributed by atoms with van der Waals surface area (Å²) in [6.07, 6.45) is 48.6. The van der Waals surface area contributed by atoms with Crippen molar-refractivity contribution >= 4 is 5.97 Å². The Morgan fingerprint density at radius 1 is 0.533 bits per heavy atom. The summed E-state index contributed by atoms with van der Waals surface area (Å²) in [5.41, 5.74) is 0. The van der Waals surface area contributed by atoms with E-state index in [-0.39, 0.29) is 19.2 Å². The Labute approximate surface area is 280 Å². The molecule has 0 spiro atoms. The zero-order valence-electron chi connectivity index (χ0n) is 29.9. The molecule has 0 aliphatic rings. The molecule has 0 fully saturated rings. The molecule has 1 unspecified atom stereocenters. The summed E-state index contributed by atoms with van der Waals surface area (Å²) < 4.78 is 11.1. The lowest BCUT2D eigenvalue weighted by Crippen LogP contribution is -2.27. The molecule has 0 saturated heterocycles. The summed E-state index contributed by atoms with van der Waals surface area (Å²) in [4.78, 5) is 12.2. The third-order valence-corrected chi connectivity index (χ3v) is 8.13. The van der Waals surface area contributed by atoms with Crippen molar-refractivity contribution in [3.63, 3.8) is 0 Å². The van der Waals surface area contributed by atoms with E-state index < -0.39 is 6.10 Å². The first-order valence-electron chi connectivity index (χ1n) is 19.2. The van der Waals surface area contributed by atoms with Crippen LogP contribution < -0.4 is 0 Å². The van der Waals surface area contributed by atoms with E-state index in [1.165, 1.54) is 116 Å². The maximum absolute atomic E-state index is 12.2. The second-order valence-electron chi connectivity index (χ2n) is 12.6. The fourth-order valence-corrected chi connectivity index (χ4v) is 5.21. The molecule has 0 amide bonds. The average Bonchev–Trinajstić information content (AvgIpc) is 3.05. The number of allylic oxidation sites excluding steroid dienone is 8. The first-order valence-corrected chi connectivity index (χ1v) is 19.2. The molecule has 1 N–H and O–H groups in total. The Bertz CT molecular complexity index is 708. The fourth-order valence-electron chi connectivity index (χ4n) is 5.21. The summed E-state index contributed by atoms with van der Waals surface area (Å²) in [5.74, 6) is -0.217.